The summed E-state index contributed by atoms with van der Waals surface area (Å²) in [5.41, 5.74) is 1.33. The van der Waals surface area contributed by atoms with Crippen LogP contribution < -0.4 is 5.32 Å². The van der Waals surface area contributed by atoms with E-state index < -0.39 is 0 Å². The van der Waals surface area contributed by atoms with Gasteiger partial charge in [0.1, 0.15) is 5.69 Å². The molecule has 1 atom stereocenters. The summed E-state index contributed by atoms with van der Waals surface area (Å²) in [4.78, 5) is 15.3. The molecule has 3 aromatic rings. The third-order valence-corrected chi connectivity index (χ3v) is 3.45. The molecule has 0 bridgehead atoms. The van der Waals surface area contributed by atoms with Crippen LogP contribution in [-0.4, -0.2) is 31.1 Å². The minimum atomic E-state index is -0.299. The number of benzene rings is 1. The number of nitrogens with one attached hydrogen (secondary N) is 2. The van der Waals surface area contributed by atoms with Crippen molar-refractivity contribution in [1.29, 1.82) is 0 Å². The molecule has 108 valence electrons. The van der Waals surface area contributed by atoms with Crippen LogP contribution in [0.4, 0.5) is 0 Å². The summed E-state index contributed by atoms with van der Waals surface area (Å²) in [5.74, 6) is 0.361. The van der Waals surface area contributed by atoms with Crippen molar-refractivity contribution < 1.29 is 4.79 Å². The number of halogens is 1. The molecule has 2 aromatic heterocycles. The molecule has 21 heavy (non-hydrogen) atoms. The van der Waals surface area contributed by atoms with Gasteiger partial charge >= 0.3 is 0 Å². The lowest BCUT2D eigenvalue weighted by molar-refractivity contribution is 0.0933. The van der Waals surface area contributed by atoms with Crippen LogP contribution in [0.5, 0.6) is 0 Å². The Hall–Kier alpha value is -2.41. The predicted molar refractivity (Wildman–Crippen MR) is 78.0 cm³/mol. The Morgan fingerprint density at radius 2 is 2.24 bits per heavy atom. The molecule has 0 fully saturated rings. The maximum absolute atomic E-state index is 12.3. The van der Waals surface area contributed by atoms with Crippen molar-refractivity contribution in [1.82, 2.24) is 30.5 Å². The topological polar surface area (TPSA) is 88.5 Å². The fourth-order valence-corrected chi connectivity index (χ4v) is 2.35. The molecule has 0 saturated heterocycles. The number of aromatic nitrogens is 5. The molecule has 0 radical (unpaired) electrons. The number of amides is 1. The standard InChI is InChI=1S/C13H13ClN6O/c1-7(12-17-18-19-20(12)2)15-13(21)11-6-8-5-9(14)3-4-10(8)16-11/h3-7,16H,1-2H3,(H,15,21). The number of carbonyl (C=O) groups is 1. The van der Waals surface area contributed by atoms with E-state index >= 15 is 0 Å². The van der Waals surface area contributed by atoms with Gasteiger partial charge in [0.15, 0.2) is 5.82 Å². The average molecular weight is 305 g/mol. The van der Waals surface area contributed by atoms with Crippen LogP contribution in [0.15, 0.2) is 24.3 Å². The first kappa shape index (κ1) is 13.6. The Balaban J connectivity index is 1.82. The lowest BCUT2D eigenvalue weighted by Gasteiger charge is -2.11. The lowest BCUT2D eigenvalue weighted by atomic mass is 10.2. The fraction of sp³-hybridized carbons (Fsp3) is 0.231. The third-order valence-electron chi connectivity index (χ3n) is 3.22. The SMILES string of the molecule is CC(NC(=O)c1cc2cc(Cl)ccc2[nH]1)c1nnnn1C. The minimum absolute atomic E-state index is 0.224. The molecular formula is C13H13ClN6O. The van der Waals surface area contributed by atoms with Gasteiger partial charge in [-0.05, 0) is 41.6 Å². The number of aryl methyl sites for hydroxylation is 1. The monoisotopic (exact) mass is 304 g/mol. The van der Waals surface area contributed by atoms with Gasteiger partial charge in [-0.1, -0.05) is 11.6 Å². The van der Waals surface area contributed by atoms with Crippen LogP contribution in [0.1, 0.15) is 29.3 Å². The van der Waals surface area contributed by atoms with Gasteiger partial charge in [-0.3, -0.25) is 4.79 Å². The number of hydrogen-bond donors (Lipinski definition) is 2. The van der Waals surface area contributed by atoms with Gasteiger partial charge in [-0.2, -0.15) is 0 Å². The van der Waals surface area contributed by atoms with Gasteiger partial charge in [0.05, 0.1) is 6.04 Å². The van der Waals surface area contributed by atoms with E-state index in [0.717, 1.165) is 10.9 Å². The zero-order valence-corrected chi connectivity index (χ0v) is 12.2. The van der Waals surface area contributed by atoms with Crippen LogP contribution in [0.2, 0.25) is 5.02 Å². The molecule has 3 rings (SSSR count). The van der Waals surface area contributed by atoms with Crippen molar-refractivity contribution in [3.8, 4) is 0 Å². The molecule has 0 aliphatic carbocycles. The number of tetrazole rings is 1. The van der Waals surface area contributed by atoms with E-state index in [2.05, 4.69) is 25.8 Å². The number of fused-ring (bicyclic) bond motifs is 1. The summed E-state index contributed by atoms with van der Waals surface area (Å²) in [6.45, 7) is 1.82. The molecule has 7 nitrogen and oxygen atoms in total. The summed E-state index contributed by atoms with van der Waals surface area (Å²) in [6.07, 6.45) is 0. The molecular weight excluding hydrogens is 292 g/mol. The summed E-state index contributed by atoms with van der Waals surface area (Å²) < 4.78 is 1.52. The molecule has 0 spiro atoms. The van der Waals surface area contributed by atoms with Crippen LogP contribution >= 0.6 is 11.6 Å². The zero-order chi connectivity index (χ0) is 15.0. The second-order valence-corrected chi connectivity index (χ2v) is 5.21. The molecule has 1 amide bonds. The van der Waals surface area contributed by atoms with E-state index in [4.69, 9.17) is 11.6 Å². The highest BCUT2D eigenvalue weighted by Gasteiger charge is 2.17. The smallest absolute Gasteiger partial charge is 0.268 e. The molecule has 2 N–H and O–H groups in total. The maximum Gasteiger partial charge on any atom is 0.268 e. The van der Waals surface area contributed by atoms with Gasteiger partial charge < -0.3 is 10.3 Å². The first-order valence-electron chi connectivity index (χ1n) is 6.36. The highest BCUT2D eigenvalue weighted by Crippen LogP contribution is 2.20. The Labute approximate surface area is 125 Å². The van der Waals surface area contributed by atoms with E-state index in [-0.39, 0.29) is 11.9 Å². The van der Waals surface area contributed by atoms with Gasteiger partial charge in [0, 0.05) is 23.0 Å². The third kappa shape index (κ3) is 2.59. The van der Waals surface area contributed by atoms with Crippen molar-refractivity contribution >= 4 is 28.4 Å². The van der Waals surface area contributed by atoms with Gasteiger partial charge in [-0.25, -0.2) is 4.68 Å². The number of carbonyl (C=O) groups excluding carboxylic acids is 1. The summed E-state index contributed by atoms with van der Waals surface area (Å²) in [5, 5.41) is 15.5. The van der Waals surface area contributed by atoms with E-state index in [9.17, 15) is 4.79 Å². The number of nitrogens with zero attached hydrogens (tertiary/aromatic N) is 4. The normalized spacial score (nSPS) is 12.5. The summed E-state index contributed by atoms with van der Waals surface area (Å²) in [7, 11) is 1.73. The maximum atomic E-state index is 12.3. The largest absolute Gasteiger partial charge is 0.351 e. The fourth-order valence-electron chi connectivity index (χ4n) is 2.17. The zero-order valence-electron chi connectivity index (χ0n) is 11.5. The molecule has 0 aliphatic rings. The van der Waals surface area contributed by atoms with Crippen molar-refractivity contribution in [2.45, 2.75) is 13.0 Å². The molecule has 0 saturated carbocycles. The van der Waals surface area contributed by atoms with Crippen molar-refractivity contribution in [2.75, 3.05) is 0 Å². The number of aromatic amines is 1. The Kier molecular flexibility index (Phi) is 3.34. The highest BCUT2D eigenvalue weighted by molar-refractivity contribution is 6.31. The summed E-state index contributed by atoms with van der Waals surface area (Å²) >= 11 is 5.94. The number of H-pyrrole nitrogens is 1. The van der Waals surface area contributed by atoms with Crippen LogP contribution in [0.25, 0.3) is 10.9 Å². The molecule has 2 heterocycles. The quantitative estimate of drug-likeness (QED) is 0.772. The molecule has 1 aromatic carbocycles. The van der Waals surface area contributed by atoms with Crippen LogP contribution in [0, 0.1) is 0 Å². The Bertz CT molecular complexity index is 808. The highest BCUT2D eigenvalue weighted by atomic mass is 35.5. The van der Waals surface area contributed by atoms with E-state index in [1.165, 1.54) is 4.68 Å². The van der Waals surface area contributed by atoms with E-state index in [1.54, 1.807) is 25.2 Å². The van der Waals surface area contributed by atoms with Gasteiger partial charge in [0.2, 0.25) is 0 Å². The number of hydrogen-bond acceptors (Lipinski definition) is 4. The lowest BCUT2D eigenvalue weighted by Crippen LogP contribution is -2.28. The van der Waals surface area contributed by atoms with Gasteiger partial charge in [0.25, 0.3) is 5.91 Å². The Morgan fingerprint density at radius 1 is 1.43 bits per heavy atom. The van der Waals surface area contributed by atoms with Crippen molar-refractivity contribution in [2.24, 2.45) is 7.05 Å². The second kappa shape index (κ2) is 5.17. The number of rotatable bonds is 3. The minimum Gasteiger partial charge on any atom is -0.351 e. The van der Waals surface area contributed by atoms with Gasteiger partial charge in [-0.15, -0.1) is 5.10 Å². The first-order valence-corrected chi connectivity index (χ1v) is 6.74. The molecule has 0 aliphatic heterocycles. The summed E-state index contributed by atoms with van der Waals surface area (Å²) in [6, 6.07) is 6.88. The van der Waals surface area contributed by atoms with Crippen molar-refractivity contribution in [3.05, 3.63) is 40.8 Å². The van der Waals surface area contributed by atoms with Crippen LogP contribution in [-0.2, 0) is 7.05 Å². The first-order chi connectivity index (χ1) is 10.0. The molecule has 1 unspecified atom stereocenters. The Morgan fingerprint density at radius 3 is 2.95 bits per heavy atom. The van der Waals surface area contributed by atoms with E-state index in [1.807, 2.05) is 13.0 Å². The average Bonchev–Trinajstić information content (AvgIpc) is 3.04. The van der Waals surface area contributed by atoms with E-state index in [0.29, 0.717) is 16.5 Å². The molecule has 8 heteroatoms. The second-order valence-electron chi connectivity index (χ2n) is 4.77. The van der Waals surface area contributed by atoms with Crippen molar-refractivity contribution in [3.63, 3.8) is 0 Å². The van der Waals surface area contributed by atoms with Crippen LogP contribution in [0.3, 0.4) is 0 Å². The predicted octanol–water partition coefficient (Wildman–Crippen LogP) is 1.84.